The van der Waals surface area contributed by atoms with Crippen molar-refractivity contribution in [1.29, 1.82) is 0 Å². The molecule has 1 aromatic heterocycles. The van der Waals surface area contributed by atoms with Crippen molar-refractivity contribution in [3.8, 4) is 11.5 Å². The number of anilines is 1. The molecule has 22 heavy (non-hydrogen) atoms. The first-order valence-corrected chi connectivity index (χ1v) is 7.88. The molecule has 2 aromatic rings. The van der Waals surface area contributed by atoms with Gasteiger partial charge in [-0.25, -0.2) is 0 Å². The molecule has 0 fully saturated rings. The van der Waals surface area contributed by atoms with Gasteiger partial charge in [0.15, 0.2) is 11.5 Å². The highest BCUT2D eigenvalue weighted by Gasteiger charge is 2.29. The molecule has 6 nitrogen and oxygen atoms in total. The SMILES string of the molecule is COc1cc([C@@H]2SCC(=O)Nc3c2c(C)nn3C)ccc1O. The predicted octanol–water partition coefficient (Wildman–Crippen LogP) is 2.22. The summed E-state index contributed by atoms with van der Waals surface area (Å²) >= 11 is 1.54. The molecule has 0 bridgehead atoms. The van der Waals surface area contributed by atoms with E-state index in [9.17, 15) is 9.90 Å². The number of phenols is 1. The molecule has 0 saturated heterocycles. The Labute approximate surface area is 132 Å². The van der Waals surface area contributed by atoms with Crippen LogP contribution < -0.4 is 10.1 Å². The Kier molecular flexibility index (Phi) is 3.74. The lowest BCUT2D eigenvalue weighted by Gasteiger charge is -2.16. The number of nitrogens with zero attached hydrogens (tertiary/aromatic N) is 2. The van der Waals surface area contributed by atoms with Crippen molar-refractivity contribution in [3.05, 3.63) is 35.0 Å². The number of rotatable bonds is 2. The van der Waals surface area contributed by atoms with Crippen LogP contribution >= 0.6 is 11.8 Å². The number of hydrogen-bond acceptors (Lipinski definition) is 5. The molecule has 1 amide bonds. The largest absolute Gasteiger partial charge is 0.504 e. The molecule has 1 atom stereocenters. The Bertz CT molecular complexity index is 742. The summed E-state index contributed by atoms with van der Waals surface area (Å²) in [6.45, 7) is 1.93. The second kappa shape index (κ2) is 5.57. The first kappa shape index (κ1) is 14.8. The molecule has 0 saturated carbocycles. The summed E-state index contributed by atoms with van der Waals surface area (Å²) in [6, 6.07) is 5.26. The van der Waals surface area contributed by atoms with Gasteiger partial charge in [0.25, 0.3) is 0 Å². The molecule has 2 heterocycles. The van der Waals surface area contributed by atoms with Gasteiger partial charge >= 0.3 is 0 Å². The van der Waals surface area contributed by atoms with Crippen LogP contribution in [-0.2, 0) is 11.8 Å². The molecule has 116 valence electrons. The van der Waals surface area contributed by atoms with Gasteiger partial charge in [-0.15, -0.1) is 11.8 Å². The van der Waals surface area contributed by atoms with Crippen LogP contribution in [0.4, 0.5) is 5.82 Å². The van der Waals surface area contributed by atoms with Crippen LogP contribution in [0.1, 0.15) is 22.1 Å². The number of hydrogen-bond donors (Lipinski definition) is 2. The standard InChI is InChI=1S/C15H17N3O3S/c1-8-13-14(9-4-5-10(19)11(6-9)21-3)22-7-12(20)16-15(13)18(2)17-8/h4-6,14,19H,7H2,1-3H3,(H,16,20)/t14-/m0/s1. The first-order valence-electron chi connectivity index (χ1n) is 6.83. The van der Waals surface area contributed by atoms with Crippen LogP contribution in [0, 0.1) is 6.92 Å². The van der Waals surface area contributed by atoms with E-state index in [-0.39, 0.29) is 16.9 Å². The maximum Gasteiger partial charge on any atom is 0.235 e. The van der Waals surface area contributed by atoms with Crippen LogP contribution in [0.5, 0.6) is 11.5 Å². The van der Waals surface area contributed by atoms with E-state index in [0.29, 0.717) is 11.5 Å². The minimum atomic E-state index is -0.0443. The maximum atomic E-state index is 11.9. The average Bonchev–Trinajstić information content (AvgIpc) is 2.67. The fraction of sp³-hybridized carbons (Fsp3) is 0.333. The van der Waals surface area contributed by atoms with E-state index in [4.69, 9.17) is 4.74 Å². The summed E-state index contributed by atoms with van der Waals surface area (Å²) in [5.41, 5.74) is 2.84. The monoisotopic (exact) mass is 319 g/mol. The summed E-state index contributed by atoms with van der Waals surface area (Å²) in [4.78, 5) is 11.9. The Hall–Kier alpha value is -2.15. The lowest BCUT2D eigenvalue weighted by Crippen LogP contribution is -2.15. The third-order valence-electron chi connectivity index (χ3n) is 3.68. The number of aromatic nitrogens is 2. The highest BCUT2D eigenvalue weighted by Crippen LogP contribution is 2.44. The second-order valence-electron chi connectivity index (χ2n) is 5.14. The quantitative estimate of drug-likeness (QED) is 0.887. The third kappa shape index (κ3) is 2.41. The summed E-state index contributed by atoms with van der Waals surface area (Å²) in [5, 5.41) is 17.0. The summed E-state index contributed by atoms with van der Waals surface area (Å²) < 4.78 is 6.88. The van der Waals surface area contributed by atoms with Gasteiger partial charge in [-0.3, -0.25) is 9.48 Å². The summed E-state index contributed by atoms with van der Waals surface area (Å²) in [5.74, 6) is 1.57. The lowest BCUT2D eigenvalue weighted by molar-refractivity contribution is -0.113. The zero-order chi connectivity index (χ0) is 15.9. The minimum absolute atomic E-state index is 0.0394. The number of carbonyl (C=O) groups excluding carboxylic acids is 1. The number of thioether (sulfide) groups is 1. The minimum Gasteiger partial charge on any atom is -0.504 e. The van der Waals surface area contributed by atoms with Gasteiger partial charge in [-0.05, 0) is 24.6 Å². The highest BCUT2D eigenvalue weighted by molar-refractivity contribution is 8.00. The number of carbonyl (C=O) groups is 1. The van der Waals surface area contributed by atoms with E-state index in [0.717, 1.165) is 22.6 Å². The van der Waals surface area contributed by atoms with Crippen molar-refractivity contribution in [2.45, 2.75) is 12.2 Å². The molecule has 0 spiro atoms. The van der Waals surface area contributed by atoms with Gasteiger partial charge < -0.3 is 15.2 Å². The van der Waals surface area contributed by atoms with Crippen LogP contribution in [0.2, 0.25) is 0 Å². The van der Waals surface area contributed by atoms with Crippen molar-refractivity contribution in [2.24, 2.45) is 7.05 Å². The van der Waals surface area contributed by atoms with Crippen molar-refractivity contribution in [1.82, 2.24) is 9.78 Å². The van der Waals surface area contributed by atoms with Gasteiger partial charge in [0.2, 0.25) is 5.91 Å². The summed E-state index contributed by atoms with van der Waals surface area (Å²) in [6.07, 6.45) is 0. The second-order valence-corrected chi connectivity index (χ2v) is 6.24. The highest BCUT2D eigenvalue weighted by atomic mass is 32.2. The average molecular weight is 319 g/mol. The summed E-state index contributed by atoms with van der Waals surface area (Å²) in [7, 11) is 3.33. The number of benzene rings is 1. The predicted molar refractivity (Wildman–Crippen MR) is 85.5 cm³/mol. The van der Waals surface area contributed by atoms with E-state index in [1.807, 2.05) is 20.0 Å². The third-order valence-corrected chi connectivity index (χ3v) is 4.95. The molecular weight excluding hydrogens is 302 g/mol. The van der Waals surface area contributed by atoms with Crippen molar-refractivity contribution < 1.29 is 14.6 Å². The van der Waals surface area contributed by atoms with Gasteiger partial charge in [0, 0.05) is 12.6 Å². The molecule has 0 unspecified atom stereocenters. The van der Waals surface area contributed by atoms with E-state index < -0.39 is 0 Å². The molecule has 3 rings (SSSR count). The molecule has 1 aromatic carbocycles. The van der Waals surface area contributed by atoms with Crippen molar-refractivity contribution >= 4 is 23.5 Å². The maximum absolute atomic E-state index is 11.9. The topological polar surface area (TPSA) is 76.4 Å². The number of aromatic hydroxyl groups is 1. The molecule has 0 radical (unpaired) electrons. The number of fused-ring (bicyclic) bond motifs is 1. The molecular formula is C15H17N3O3S. The fourth-order valence-electron chi connectivity index (χ4n) is 2.67. The molecule has 1 aliphatic heterocycles. The fourth-order valence-corrected chi connectivity index (χ4v) is 3.85. The van der Waals surface area contributed by atoms with Gasteiger partial charge in [-0.2, -0.15) is 5.10 Å². The number of phenolic OH excluding ortho intramolecular Hbond substituents is 1. The van der Waals surface area contributed by atoms with Crippen LogP contribution in [0.25, 0.3) is 0 Å². The van der Waals surface area contributed by atoms with E-state index in [2.05, 4.69) is 10.4 Å². The zero-order valence-electron chi connectivity index (χ0n) is 12.6. The molecule has 1 aliphatic rings. The number of aryl methyl sites for hydroxylation is 2. The number of nitrogens with one attached hydrogen (secondary N) is 1. The molecule has 0 aliphatic carbocycles. The van der Waals surface area contributed by atoms with Crippen LogP contribution in [0.15, 0.2) is 18.2 Å². The molecule has 2 N–H and O–H groups in total. The lowest BCUT2D eigenvalue weighted by atomic mass is 10.0. The van der Waals surface area contributed by atoms with E-state index in [1.165, 1.54) is 18.9 Å². The Morgan fingerprint density at radius 2 is 2.27 bits per heavy atom. The van der Waals surface area contributed by atoms with Crippen LogP contribution in [-0.4, -0.2) is 33.7 Å². The number of ether oxygens (including phenoxy) is 1. The smallest absolute Gasteiger partial charge is 0.235 e. The van der Waals surface area contributed by atoms with Crippen molar-refractivity contribution in [3.63, 3.8) is 0 Å². The van der Waals surface area contributed by atoms with E-state index in [1.54, 1.807) is 16.8 Å². The van der Waals surface area contributed by atoms with Gasteiger partial charge in [0.05, 0.1) is 23.8 Å². The van der Waals surface area contributed by atoms with Crippen LogP contribution in [0.3, 0.4) is 0 Å². The van der Waals surface area contributed by atoms with Gasteiger partial charge in [-0.1, -0.05) is 6.07 Å². The van der Waals surface area contributed by atoms with E-state index >= 15 is 0 Å². The first-order chi connectivity index (χ1) is 10.5. The number of methoxy groups -OCH3 is 1. The Balaban J connectivity index is 2.13. The number of amides is 1. The van der Waals surface area contributed by atoms with Crippen molar-refractivity contribution in [2.75, 3.05) is 18.2 Å². The normalized spacial score (nSPS) is 17.6. The zero-order valence-corrected chi connectivity index (χ0v) is 13.4. The Morgan fingerprint density at radius 1 is 1.50 bits per heavy atom. The molecule has 7 heteroatoms. The Morgan fingerprint density at radius 3 is 3.00 bits per heavy atom. The van der Waals surface area contributed by atoms with Gasteiger partial charge in [0.1, 0.15) is 5.82 Å².